The van der Waals surface area contributed by atoms with E-state index in [1.807, 2.05) is 16.9 Å². The minimum absolute atomic E-state index is 0.110. The van der Waals surface area contributed by atoms with E-state index in [9.17, 15) is 5.11 Å². The van der Waals surface area contributed by atoms with Gasteiger partial charge in [-0.05, 0) is 49.4 Å². The van der Waals surface area contributed by atoms with Crippen molar-refractivity contribution in [3.63, 3.8) is 0 Å². The third kappa shape index (κ3) is 4.59. The first-order chi connectivity index (χ1) is 17.5. The van der Waals surface area contributed by atoms with Crippen molar-refractivity contribution in [3.8, 4) is 5.88 Å². The first-order valence-electron chi connectivity index (χ1n) is 12.1. The molecule has 1 aliphatic carbocycles. The number of carboxylic acid groups (broad SMARTS) is 1. The maximum absolute atomic E-state index is 9.88. The van der Waals surface area contributed by atoms with Crippen LogP contribution in [0.1, 0.15) is 48.8 Å². The minimum Gasteiger partial charge on any atom is -0.486 e. The van der Waals surface area contributed by atoms with Crippen molar-refractivity contribution >= 4 is 33.9 Å². The molecule has 10 nitrogen and oxygen atoms in total. The first kappa shape index (κ1) is 24.7. The molecule has 6 rings (SSSR count). The largest absolute Gasteiger partial charge is 0.486 e. The Labute approximate surface area is 212 Å². The minimum atomic E-state index is -0.250. The molecule has 0 spiro atoms. The number of benzene rings is 1. The van der Waals surface area contributed by atoms with Crippen LogP contribution in [0.2, 0.25) is 0 Å². The molecule has 1 saturated carbocycles. The molecule has 3 aromatic rings. The second-order valence-electron chi connectivity index (χ2n) is 9.42. The lowest BCUT2D eigenvalue weighted by Crippen LogP contribution is -2.56. The number of methoxy groups -OCH3 is 1. The zero-order valence-corrected chi connectivity index (χ0v) is 20.8. The molecule has 0 amide bonds. The van der Waals surface area contributed by atoms with E-state index in [1.165, 1.54) is 11.5 Å². The summed E-state index contributed by atoms with van der Waals surface area (Å²) in [6.07, 6.45) is 9.15. The van der Waals surface area contributed by atoms with Crippen LogP contribution in [0.3, 0.4) is 0 Å². The predicted molar refractivity (Wildman–Crippen MR) is 136 cm³/mol. The number of nitrogens with one attached hydrogen (secondary N) is 1. The summed E-state index contributed by atoms with van der Waals surface area (Å²) in [6, 6.07) is 6.50. The van der Waals surface area contributed by atoms with E-state index >= 15 is 0 Å². The van der Waals surface area contributed by atoms with Crippen molar-refractivity contribution in [2.75, 3.05) is 13.7 Å². The van der Waals surface area contributed by atoms with Crippen LogP contribution >= 0.6 is 11.5 Å². The Kier molecular flexibility index (Phi) is 7.24. The van der Waals surface area contributed by atoms with Gasteiger partial charge in [0.25, 0.3) is 6.47 Å². The number of carbonyl (C=O) groups is 1. The zero-order chi connectivity index (χ0) is 25.2. The van der Waals surface area contributed by atoms with Gasteiger partial charge in [0.05, 0.1) is 30.1 Å². The van der Waals surface area contributed by atoms with Crippen molar-refractivity contribution in [2.24, 2.45) is 11.7 Å². The van der Waals surface area contributed by atoms with Gasteiger partial charge < -0.3 is 25.4 Å². The van der Waals surface area contributed by atoms with Gasteiger partial charge in [-0.25, -0.2) is 0 Å². The summed E-state index contributed by atoms with van der Waals surface area (Å²) < 4.78 is 19.7. The SMILES string of the molecule is COc1nn(C2CCC(O)CC2)cc1C1CNC(N)C2OC(c3cccc4cnsc34)=CC12.O=CO. The average Bonchev–Trinajstić information content (AvgIpc) is 3.63. The second-order valence-corrected chi connectivity index (χ2v) is 10.2. The zero-order valence-electron chi connectivity index (χ0n) is 20.0. The molecule has 2 aromatic heterocycles. The number of hydrogen-bond acceptors (Lipinski definition) is 9. The van der Waals surface area contributed by atoms with E-state index in [1.54, 1.807) is 7.11 Å². The number of aromatic nitrogens is 3. The van der Waals surface area contributed by atoms with Crippen LogP contribution in [-0.2, 0) is 9.53 Å². The molecule has 11 heteroatoms. The van der Waals surface area contributed by atoms with E-state index in [0.717, 1.165) is 59.2 Å². The third-order valence-electron chi connectivity index (χ3n) is 7.38. The number of nitrogens with zero attached hydrogens (tertiary/aromatic N) is 3. The lowest BCUT2D eigenvalue weighted by atomic mass is 9.80. The lowest BCUT2D eigenvalue weighted by Gasteiger charge is -2.37. The summed E-state index contributed by atoms with van der Waals surface area (Å²) in [5.41, 5.74) is 8.59. The standard InChI is InChI=1S/C24H29N5O3S.CH2O2/c1-31-24-19(12-29(28-24)14-5-7-15(30)8-6-14)18-11-26-23(25)21-17(18)9-20(32-21)16-4-2-3-13-10-27-33-22(13)16;2-1-3/h2-4,9-10,12,14-15,17-18,21,23,26,30H,5-8,11,25H2,1H3;1H,(H,2,3). The van der Waals surface area contributed by atoms with Gasteiger partial charge in [0.15, 0.2) is 0 Å². The molecule has 5 N–H and O–H groups in total. The quantitative estimate of drug-likeness (QED) is 0.387. The van der Waals surface area contributed by atoms with E-state index in [0.29, 0.717) is 11.9 Å². The molecule has 36 heavy (non-hydrogen) atoms. The molecule has 3 aliphatic rings. The van der Waals surface area contributed by atoms with Crippen molar-refractivity contribution in [1.29, 1.82) is 0 Å². The number of aliphatic hydroxyl groups is 1. The van der Waals surface area contributed by atoms with Crippen molar-refractivity contribution in [2.45, 2.75) is 56.0 Å². The molecular weight excluding hydrogens is 482 g/mol. The molecular formula is C25H31N5O5S. The van der Waals surface area contributed by atoms with E-state index in [4.69, 9.17) is 30.2 Å². The molecule has 0 bridgehead atoms. The Morgan fingerprint density at radius 3 is 2.83 bits per heavy atom. The smallest absolute Gasteiger partial charge is 0.290 e. The van der Waals surface area contributed by atoms with Crippen LogP contribution in [0, 0.1) is 5.92 Å². The van der Waals surface area contributed by atoms with Gasteiger partial charge in [-0.15, -0.1) is 5.10 Å². The fraction of sp³-hybridized carbons (Fsp3) is 0.480. The summed E-state index contributed by atoms with van der Waals surface area (Å²) in [7, 11) is 1.68. The molecule has 2 fully saturated rings. The summed E-state index contributed by atoms with van der Waals surface area (Å²) in [4.78, 5) is 8.36. The van der Waals surface area contributed by atoms with Gasteiger partial charge in [-0.2, -0.15) is 4.37 Å². The number of ether oxygens (including phenoxy) is 2. The Bertz CT molecular complexity index is 1230. The highest BCUT2D eigenvalue weighted by Gasteiger charge is 2.45. The fourth-order valence-electron chi connectivity index (χ4n) is 5.58. The van der Waals surface area contributed by atoms with Gasteiger partial charge in [0.2, 0.25) is 5.88 Å². The molecule has 1 saturated heterocycles. The fourth-order valence-corrected chi connectivity index (χ4v) is 6.34. The molecule has 1 aromatic carbocycles. The summed E-state index contributed by atoms with van der Waals surface area (Å²) >= 11 is 1.49. The topological polar surface area (TPSA) is 145 Å². The van der Waals surface area contributed by atoms with Crippen molar-refractivity contribution in [1.82, 2.24) is 19.5 Å². The molecule has 0 radical (unpaired) electrons. The number of aliphatic hydroxyl groups excluding tert-OH is 1. The van der Waals surface area contributed by atoms with Crippen LogP contribution in [0.15, 0.2) is 36.7 Å². The number of hydrogen-bond donors (Lipinski definition) is 4. The van der Waals surface area contributed by atoms with Crippen LogP contribution in [0.25, 0.3) is 15.8 Å². The highest BCUT2D eigenvalue weighted by molar-refractivity contribution is 7.13. The van der Waals surface area contributed by atoms with Gasteiger partial charge >= 0.3 is 0 Å². The highest BCUT2D eigenvalue weighted by Crippen LogP contribution is 2.45. The normalized spacial score (nSPS) is 29.5. The molecule has 4 atom stereocenters. The van der Waals surface area contributed by atoms with E-state index in [-0.39, 0.29) is 36.7 Å². The number of fused-ring (bicyclic) bond motifs is 2. The summed E-state index contributed by atoms with van der Waals surface area (Å²) in [5, 5.41) is 26.1. The average molecular weight is 514 g/mol. The molecule has 192 valence electrons. The monoisotopic (exact) mass is 513 g/mol. The van der Waals surface area contributed by atoms with Crippen molar-refractivity contribution < 1.29 is 24.5 Å². The molecule has 2 aliphatic heterocycles. The summed E-state index contributed by atoms with van der Waals surface area (Å²) in [5.74, 6) is 1.77. The number of nitrogens with two attached hydrogens (primary N) is 1. The highest BCUT2D eigenvalue weighted by atomic mass is 32.1. The van der Waals surface area contributed by atoms with Gasteiger partial charge in [-0.1, -0.05) is 12.1 Å². The van der Waals surface area contributed by atoms with Crippen LogP contribution in [0.5, 0.6) is 5.88 Å². The summed E-state index contributed by atoms with van der Waals surface area (Å²) in [6.45, 7) is 0.478. The molecule has 4 heterocycles. The Hall–Kier alpha value is -2.99. The Morgan fingerprint density at radius 2 is 2.08 bits per heavy atom. The predicted octanol–water partition coefficient (Wildman–Crippen LogP) is 2.71. The number of rotatable bonds is 4. The third-order valence-corrected chi connectivity index (χ3v) is 8.23. The van der Waals surface area contributed by atoms with Crippen LogP contribution < -0.4 is 15.8 Å². The van der Waals surface area contributed by atoms with Crippen LogP contribution in [0.4, 0.5) is 0 Å². The van der Waals surface area contributed by atoms with Gasteiger partial charge in [0.1, 0.15) is 11.9 Å². The Morgan fingerprint density at radius 1 is 1.31 bits per heavy atom. The van der Waals surface area contributed by atoms with Gasteiger partial charge in [0, 0.05) is 47.3 Å². The number of piperidine rings is 1. The Balaban J connectivity index is 0.000000848. The maximum Gasteiger partial charge on any atom is 0.290 e. The second kappa shape index (κ2) is 10.6. The molecule has 4 unspecified atom stereocenters. The van der Waals surface area contributed by atoms with Gasteiger partial charge in [-0.3, -0.25) is 14.8 Å². The van der Waals surface area contributed by atoms with E-state index in [2.05, 4.69) is 34.1 Å². The first-order valence-corrected chi connectivity index (χ1v) is 12.9. The maximum atomic E-state index is 9.88. The van der Waals surface area contributed by atoms with Crippen molar-refractivity contribution in [3.05, 3.63) is 47.8 Å². The lowest BCUT2D eigenvalue weighted by molar-refractivity contribution is -0.122. The van der Waals surface area contributed by atoms with E-state index < -0.39 is 0 Å². The van der Waals surface area contributed by atoms with Crippen LogP contribution in [-0.4, -0.2) is 62.9 Å².